The van der Waals surface area contributed by atoms with Crippen molar-refractivity contribution in [1.82, 2.24) is 0 Å². The Morgan fingerprint density at radius 1 is 1.86 bits per heavy atom. The molecule has 39 valence electrons. The molecule has 3 N–H and O–H groups in total. The molecular formula is C3H7GaNO2. The van der Waals surface area contributed by atoms with E-state index in [0.717, 1.165) is 0 Å². The number of carboxylic acids is 1. The minimum Gasteiger partial charge on any atom is -0.480 e. The second-order valence-corrected chi connectivity index (χ2v) is 1.13. The zero-order chi connectivity index (χ0) is 5.15. The monoisotopic (exact) mass is 158 g/mol. The van der Waals surface area contributed by atoms with Crippen LogP contribution in [0.2, 0.25) is 0 Å². The van der Waals surface area contributed by atoms with Crippen LogP contribution in [0.25, 0.3) is 0 Å². The molecule has 0 heterocycles. The predicted molar refractivity (Wildman–Crippen MR) is 27.0 cm³/mol. The molecule has 0 rings (SSSR count). The SMILES string of the molecule is C[C@H](N)C(=O)O.[Ga]. The largest absolute Gasteiger partial charge is 0.480 e. The molecule has 0 aliphatic rings. The summed E-state index contributed by atoms with van der Waals surface area (Å²) in [5, 5.41) is 7.87. The molecule has 3 radical (unpaired) electrons. The maximum absolute atomic E-state index is 9.57. The van der Waals surface area contributed by atoms with E-state index < -0.39 is 12.0 Å². The molecular weight excluding hydrogens is 152 g/mol. The standard InChI is InChI=1S/C3H7NO2.Ga/c1-2(4)3(5)6;/h2H,4H2,1H3,(H,5,6);/t2-;/m0./s1. The molecule has 0 fully saturated rings. The van der Waals surface area contributed by atoms with Crippen LogP contribution >= 0.6 is 0 Å². The topological polar surface area (TPSA) is 63.3 Å². The van der Waals surface area contributed by atoms with E-state index in [0.29, 0.717) is 0 Å². The van der Waals surface area contributed by atoms with Crippen molar-refractivity contribution in [2.45, 2.75) is 13.0 Å². The Balaban J connectivity index is 0. The summed E-state index contributed by atoms with van der Waals surface area (Å²) in [6.45, 7) is 1.42. The fraction of sp³-hybridized carbons (Fsp3) is 0.667. The van der Waals surface area contributed by atoms with E-state index in [4.69, 9.17) is 10.8 Å². The number of nitrogens with two attached hydrogens (primary N) is 1. The van der Waals surface area contributed by atoms with Crippen molar-refractivity contribution in [2.75, 3.05) is 0 Å². The fourth-order valence-corrected chi connectivity index (χ4v) is 0. The molecule has 0 bridgehead atoms. The van der Waals surface area contributed by atoms with Crippen LogP contribution in [0.4, 0.5) is 0 Å². The number of aliphatic carboxylic acids is 1. The first-order valence-electron chi connectivity index (χ1n) is 1.63. The molecule has 0 aromatic carbocycles. The van der Waals surface area contributed by atoms with Gasteiger partial charge in [0.05, 0.1) is 0 Å². The van der Waals surface area contributed by atoms with Gasteiger partial charge in [-0.2, -0.15) is 0 Å². The molecule has 0 saturated carbocycles. The number of carbonyl (C=O) groups is 1. The average molecular weight is 159 g/mol. The van der Waals surface area contributed by atoms with Crippen LogP contribution in [0.5, 0.6) is 0 Å². The second kappa shape index (κ2) is 4.23. The Labute approximate surface area is 54.9 Å². The third-order valence-corrected chi connectivity index (χ3v) is 0.390. The molecule has 0 amide bonds. The van der Waals surface area contributed by atoms with Gasteiger partial charge in [0.15, 0.2) is 0 Å². The summed E-state index contributed by atoms with van der Waals surface area (Å²) in [6, 6.07) is -0.731. The summed E-state index contributed by atoms with van der Waals surface area (Å²) < 4.78 is 0. The maximum Gasteiger partial charge on any atom is 0.320 e. The summed E-state index contributed by atoms with van der Waals surface area (Å²) in [4.78, 5) is 9.57. The van der Waals surface area contributed by atoms with Gasteiger partial charge in [0.1, 0.15) is 6.04 Å². The van der Waals surface area contributed by atoms with Gasteiger partial charge in [-0.1, -0.05) is 0 Å². The van der Waals surface area contributed by atoms with Gasteiger partial charge in [0.2, 0.25) is 0 Å². The van der Waals surface area contributed by atoms with Crippen LogP contribution in [-0.4, -0.2) is 36.9 Å². The molecule has 0 aromatic rings. The summed E-state index contributed by atoms with van der Waals surface area (Å²) in [5.41, 5.74) is 4.84. The summed E-state index contributed by atoms with van der Waals surface area (Å²) >= 11 is 0. The van der Waals surface area contributed by atoms with E-state index in [1.54, 1.807) is 0 Å². The summed E-state index contributed by atoms with van der Waals surface area (Å²) in [6.07, 6.45) is 0. The Morgan fingerprint density at radius 3 is 2.00 bits per heavy atom. The number of hydrogen-bond acceptors (Lipinski definition) is 2. The van der Waals surface area contributed by atoms with E-state index in [1.165, 1.54) is 6.92 Å². The minimum absolute atomic E-state index is 0. The van der Waals surface area contributed by atoms with Crippen LogP contribution in [0.3, 0.4) is 0 Å². The molecule has 0 saturated heterocycles. The van der Waals surface area contributed by atoms with Gasteiger partial charge in [0.25, 0.3) is 0 Å². The van der Waals surface area contributed by atoms with E-state index >= 15 is 0 Å². The number of hydrogen-bond donors (Lipinski definition) is 2. The first kappa shape index (κ1) is 10.1. The quantitative estimate of drug-likeness (QED) is 0.484. The fourth-order valence-electron chi connectivity index (χ4n) is 0. The van der Waals surface area contributed by atoms with Crippen molar-refractivity contribution in [3.05, 3.63) is 0 Å². The smallest absolute Gasteiger partial charge is 0.320 e. The number of carboxylic acid groups (broad SMARTS) is 1. The van der Waals surface area contributed by atoms with Crippen LogP contribution in [0.1, 0.15) is 6.92 Å². The first-order valence-corrected chi connectivity index (χ1v) is 1.63. The Kier molecular flexibility index (Phi) is 6.12. The zero-order valence-electron chi connectivity index (χ0n) is 4.09. The van der Waals surface area contributed by atoms with E-state index in [9.17, 15) is 4.79 Å². The normalized spacial score (nSPS) is 11.7. The molecule has 0 spiro atoms. The van der Waals surface area contributed by atoms with Gasteiger partial charge in [-0.3, -0.25) is 4.79 Å². The zero-order valence-corrected chi connectivity index (χ0v) is 6.51. The molecule has 0 aliphatic carbocycles. The van der Waals surface area contributed by atoms with Gasteiger partial charge in [0, 0.05) is 19.8 Å². The molecule has 0 aromatic heterocycles. The number of rotatable bonds is 1. The summed E-state index contributed by atoms with van der Waals surface area (Å²) in [5.74, 6) is -0.963. The molecule has 4 heteroatoms. The molecule has 1 atom stereocenters. The first-order chi connectivity index (χ1) is 2.64. The third-order valence-electron chi connectivity index (χ3n) is 0.390. The molecule has 7 heavy (non-hydrogen) atoms. The van der Waals surface area contributed by atoms with E-state index in [1.807, 2.05) is 0 Å². The maximum atomic E-state index is 9.57. The Bertz CT molecular complexity index is 64.0. The molecule has 3 nitrogen and oxygen atoms in total. The van der Waals surface area contributed by atoms with Gasteiger partial charge >= 0.3 is 5.97 Å². The van der Waals surface area contributed by atoms with Crippen LogP contribution in [-0.2, 0) is 4.79 Å². The van der Waals surface area contributed by atoms with Crippen LogP contribution in [0.15, 0.2) is 0 Å². The van der Waals surface area contributed by atoms with Crippen molar-refractivity contribution in [3.8, 4) is 0 Å². The second-order valence-electron chi connectivity index (χ2n) is 1.13. The van der Waals surface area contributed by atoms with Crippen molar-refractivity contribution < 1.29 is 9.90 Å². The van der Waals surface area contributed by atoms with Crippen molar-refractivity contribution >= 4 is 25.8 Å². The predicted octanol–water partition coefficient (Wildman–Crippen LogP) is -0.963. The van der Waals surface area contributed by atoms with Gasteiger partial charge in [-0.15, -0.1) is 0 Å². The Morgan fingerprint density at radius 2 is 2.00 bits per heavy atom. The van der Waals surface area contributed by atoms with Crippen molar-refractivity contribution in [1.29, 1.82) is 0 Å². The van der Waals surface area contributed by atoms with Crippen LogP contribution in [0, 0.1) is 0 Å². The Hall–Kier alpha value is 0.0664. The molecule has 0 unspecified atom stereocenters. The van der Waals surface area contributed by atoms with Crippen LogP contribution < -0.4 is 5.73 Å². The van der Waals surface area contributed by atoms with E-state index in [2.05, 4.69) is 0 Å². The van der Waals surface area contributed by atoms with Crippen molar-refractivity contribution in [2.24, 2.45) is 5.73 Å². The van der Waals surface area contributed by atoms with Gasteiger partial charge in [-0.05, 0) is 6.92 Å². The van der Waals surface area contributed by atoms with E-state index in [-0.39, 0.29) is 19.8 Å². The minimum atomic E-state index is -0.963. The third kappa shape index (κ3) is 6.07. The molecule has 0 aliphatic heterocycles. The summed E-state index contributed by atoms with van der Waals surface area (Å²) in [7, 11) is 0. The van der Waals surface area contributed by atoms with Gasteiger partial charge in [-0.25, -0.2) is 0 Å². The van der Waals surface area contributed by atoms with Gasteiger partial charge < -0.3 is 10.8 Å². The van der Waals surface area contributed by atoms with Crippen molar-refractivity contribution in [3.63, 3.8) is 0 Å². The average Bonchev–Trinajstić information content (AvgIpc) is 1.36.